The van der Waals surface area contributed by atoms with Crippen LogP contribution < -0.4 is 11.1 Å². The quantitative estimate of drug-likeness (QED) is 0.452. The van der Waals surface area contributed by atoms with Crippen LogP contribution in [0.2, 0.25) is 0 Å². The number of hydrogen-bond acceptors (Lipinski definition) is 8. The second-order valence-corrected chi connectivity index (χ2v) is 6.66. The summed E-state index contributed by atoms with van der Waals surface area (Å²) in [6, 6.07) is 19.4. The first-order valence-corrected chi connectivity index (χ1v) is 9.33. The van der Waals surface area contributed by atoms with Crippen LogP contribution in [0.15, 0.2) is 65.6 Å². The zero-order valence-electron chi connectivity index (χ0n) is 14.5. The molecule has 1 aromatic heterocycles. The van der Waals surface area contributed by atoms with E-state index in [9.17, 15) is 4.79 Å². The largest absolute Gasteiger partial charge is 0.457 e. The third-order valence-electron chi connectivity index (χ3n) is 3.41. The second-order valence-electron chi connectivity index (χ2n) is 5.50. The summed E-state index contributed by atoms with van der Waals surface area (Å²) in [7, 11) is 0. The van der Waals surface area contributed by atoms with Gasteiger partial charge in [-0.05, 0) is 24.3 Å². The molecule has 3 rings (SSSR count). The maximum absolute atomic E-state index is 11.9. The van der Waals surface area contributed by atoms with Gasteiger partial charge < -0.3 is 15.8 Å². The van der Waals surface area contributed by atoms with Gasteiger partial charge >= 0.3 is 5.97 Å². The van der Waals surface area contributed by atoms with Crippen molar-refractivity contribution in [1.82, 2.24) is 15.0 Å². The van der Waals surface area contributed by atoms with Gasteiger partial charge in [0.2, 0.25) is 11.9 Å². The summed E-state index contributed by atoms with van der Waals surface area (Å²) in [5.74, 6) is 0.997. The van der Waals surface area contributed by atoms with E-state index in [0.29, 0.717) is 23.9 Å². The van der Waals surface area contributed by atoms with Crippen LogP contribution in [0.4, 0.5) is 17.6 Å². The summed E-state index contributed by atoms with van der Waals surface area (Å²) >= 11 is 1.60. The first kappa shape index (κ1) is 18.7. The van der Waals surface area contributed by atoms with Crippen molar-refractivity contribution in [3.63, 3.8) is 0 Å². The highest BCUT2D eigenvalue weighted by Crippen LogP contribution is 2.18. The molecule has 3 aromatic rings. The van der Waals surface area contributed by atoms with Crippen LogP contribution in [0, 0.1) is 0 Å². The Labute approximate surface area is 161 Å². The number of nitrogen functional groups attached to an aromatic ring is 1. The number of esters is 1. The maximum atomic E-state index is 11.9. The molecule has 27 heavy (non-hydrogen) atoms. The number of anilines is 3. The molecule has 3 N–H and O–H groups in total. The molecule has 0 spiro atoms. The lowest BCUT2D eigenvalue weighted by molar-refractivity contribution is -0.144. The first-order valence-electron chi connectivity index (χ1n) is 8.35. The van der Waals surface area contributed by atoms with Crippen LogP contribution in [-0.4, -0.2) is 26.7 Å². The summed E-state index contributed by atoms with van der Waals surface area (Å²) < 4.78 is 5.24. The van der Waals surface area contributed by atoms with Gasteiger partial charge in [0.05, 0.1) is 6.42 Å². The van der Waals surface area contributed by atoms with Crippen LogP contribution in [0.1, 0.15) is 12.2 Å². The number of carbonyl (C=O) groups is 1. The zero-order valence-corrected chi connectivity index (χ0v) is 15.4. The smallest absolute Gasteiger partial charge is 0.307 e. The zero-order chi connectivity index (χ0) is 18.9. The van der Waals surface area contributed by atoms with E-state index in [-0.39, 0.29) is 18.5 Å². The van der Waals surface area contributed by atoms with Crippen molar-refractivity contribution in [2.45, 2.75) is 17.9 Å². The summed E-state index contributed by atoms with van der Waals surface area (Å²) in [5.41, 5.74) is 6.54. The molecular weight excluding hydrogens is 362 g/mol. The van der Waals surface area contributed by atoms with Crippen LogP contribution in [0.25, 0.3) is 0 Å². The number of rotatable bonds is 8. The van der Waals surface area contributed by atoms with Crippen LogP contribution in [0.5, 0.6) is 0 Å². The molecule has 0 fully saturated rings. The second kappa shape index (κ2) is 9.54. The minimum absolute atomic E-state index is 0.0506. The van der Waals surface area contributed by atoms with Crippen LogP contribution >= 0.6 is 11.8 Å². The lowest BCUT2D eigenvalue weighted by Crippen LogP contribution is -2.11. The van der Waals surface area contributed by atoms with E-state index in [4.69, 9.17) is 10.5 Å². The standard InChI is InChI=1S/C19H19N5O2S/c20-18-22-16(23-19(24-18)21-14-7-3-1-4-8-14)13-26-17(25)11-12-27-15-9-5-2-6-10-15/h1-10H,11-13H2,(H3,20,21,22,23,24). The summed E-state index contributed by atoms with van der Waals surface area (Å²) in [6.07, 6.45) is 0.301. The predicted octanol–water partition coefficient (Wildman–Crippen LogP) is 3.42. The molecule has 0 unspecified atom stereocenters. The molecule has 0 saturated carbocycles. The minimum atomic E-state index is -0.310. The fourth-order valence-electron chi connectivity index (χ4n) is 2.20. The summed E-state index contributed by atoms with van der Waals surface area (Å²) in [4.78, 5) is 25.3. The van der Waals surface area contributed by atoms with E-state index in [1.54, 1.807) is 11.8 Å². The Balaban J connectivity index is 1.49. The number of thioether (sulfide) groups is 1. The van der Waals surface area contributed by atoms with E-state index >= 15 is 0 Å². The highest BCUT2D eigenvalue weighted by Gasteiger charge is 2.09. The monoisotopic (exact) mass is 381 g/mol. The molecule has 138 valence electrons. The van der Waals surface area contributed by atoms with Crippen molar-refractivity contribution in [3.8, 4) is 0 Å². The van der Waals surface area contributed by atoms with E-state index in [0.717, 1.165) is 10.6 Å². The average Bonchev–Trinajstić information content (AvgIpc) is 2.68. The van der Waals surface area contributed by atoms with Gasteiger partial charge in [-0.3, -0.25) is 4.79 Å². The number of nitrogens with zero attached hydrogens (tertiary/aromatic N) is 3. The predicted molar refractivity (Wildman–Crippen MR) is 106 cm³/mol. The van der Waals surface area contributed by atoms with Gasteiger partial charge in [0.1, 0.15) is 0 Å². The van der Waals surface area contributed by atoms with Gasteiger partial charge in [-0.2, -0.15) is 15.0 Å². The topological polar surface area (TPSA) is 103 Å². The number of para-hydroxylation sites is 1. The molecule has 0 aliphatic carbocycles. The number of benzene rings is 2. The molecule has 1 heterocycles. The molecule has 0 saturated heterocycles. The third-order valence-corrected chi connectivity index (χ3v) is 4.42. The lowest BCUT2D eigenvalue weighted by atomic mass is 10.3. The molecule has 0 aliphatic rings. The van der Waals surface area contributed by atoms with Crippen LogP contribution in [-0.2, 0) is 16.1 Å². The highest BCUT2D eigenvalue weighted by molar-refractivity contribution is 7.99. The van der Waals surface area contributed by atoms with E-state index in [1.165, 1.54) is 0 Å². The molecule has 0 bridgehead atoms. The minimum Gasteiger partial charge on any atom is -0.457 e. The van der Waals surface area contributed by atoms with Gasteiger partial charge in [0.25, 0.3) is 0 Å². The molecule has 7 nitrogen and oxygen atoms in total. The Bertz CT molecular complexity index is 878. The number of nitrogens with two attached hydrogens (primary N) is 1. The van der Waals surface area contributed by atoms with Crippen molar-refractivity contribution in [2.75, 3.05) is 16.8 Å². The summed E-state index contributed by atoms with van der Waals surface area (Å²) in [5, 5.41) is 3.04. The average molecular weight is 381 g/mol. The third kappa shape index (κ3) is 6.27. The number of ether oxygens (including phenoxy) is 1. The van der Waals surface area contributed by atoms with Crippen LogP contribution in [0.3, 0.4) is 0 Å². The van der Waals surface area contributed by atoms with Gasteiger partial charge in [0.15, 0.2) is 12.4 Å². The Kier molecular flexibility index (Phi) is 6.59. The lowest BCUT2D eigenvalue weighted by Gasteiger charge is -2.08. The first-order chi connectivity index (χ1) is 13.2. The number of nitrogens with one attached hydrogen (secondary N) is 1. The Morgan fingerprint density at radius 1 is 1.00 bits per heavy atom. The van der Waals surface area contributed by atoms with E-state index in [1.807, 2.05) is 60.7 Å². The fourth-order valence-corrected chi connectivity index (χ4v) is 3.05. The number of carbonyl (C=O) groups excluding carboxylic acids is 1. The molecule has 0 radical (unpaired) electrons. The fraction of sp³-hybridized carbons (Fsp3) is 0.158. The molecular formula is C19H19N5O2S. The highest BCUT2D eigenvalue weighted by atomic mass is 32.2. The molecule has 8 heteroatoms. The van der Waals surface area contributed by atoms with Gasteiger partial charge in [0, 0.05) is 16.3 Å². The molecule has 0 amide bonds. The van der Waals surface area contributed by atoms with Crippen molar-refractivity contribution < 1.29 is 9.53 Å². The normalized spacial score (nSPS) is 10.4. The molecule has 0 aliphatic heterocycles. The van der Waals surface area contributed by atoms with Crippen molar-refractivity contribution >= 4 is 35.3 Å². The van der Waals surface area contributed by atoms with Gasteiger partial charge in [-0.25, -0.2) is 0 Å². The Morgan fingerprint density at radius 3 is 2.44 bits per heavy atom. The van der Waals surface area contributed by atoms with Gasteiger partial charge in [-0.1, -0.05) is 36.4 Å². The van der Waals surface area contributed by atoms with E-state index in [2.05, 4.69) is 20.3 Å². The van der Waals surface area contributed by atoms with E-state index < -0.39 is 0 Å². The molecule has 2 aromatic carbocycles. The Morgan fingerprint density at radius 2 is 1.70 bits per heavy atom. The SMILES string of the molecule is Nc1nc(COC(=O)CCSc2ccccc2)nc(Nc2ccccc2)n1. The summed E-state index contributed by atoms with van der Waals surface area (Å²) in [6.45, 7) is -0.0506. The van der Waals surface area contributed by atoms with Crippen molar-refractivity contribution in [3.05, 3.63) is 66.5 Å². The number of aromatic nitrogens is 3. The maximum Gasteiger partial charge on any atom is 0.307 e. The Hall–Kier alpha value is -3.13. The van der Waals surface area contributed by atoms with Gasteiger partial charge in [-0.15, -0.1) is 11.8 Å². The van der Waals surface area contributed by atoms with Crippen molar-refractivity contribution in [2.24, 2.45) is 0 Å². The van der Waals surface area contributed by atoms with Crippen molar-refractivity contribution in [1.29, 1.82) is 0 Å². The molecule has 0 atom stereocenters. The number of hydrogen-bond donors (Lipinski definition) is 2.